The minimum Gasteiger partial charge on any atom is -0.496 e. The second-order valence-electron chi connectivity index (χ2n) is 6.85. The van der Waals surface area contributed by atoms with E-state index in [-0.39, 0.29) is 17.7 Å². The molecule has 138 valence electrons. The van der Waals surface area contributed by atoms with E-state index in [0.717, 1.165) is 25.9 Å². The first-order valence-electron chi connectivity index (χ1n) is 8.95. The molecule has 6 heteroatoms. The molecule has 6 nitrogen and oxygen atoms in total. The highest BCUT2D eigenvalue weighted by molar-refractivity contribution is 5.99. The van der Waals surface area contributed by atoms with Gasteiger partial charge in [0.15, 0.2) is 0 Å². The molecule has 1 saturated heterocycles. The van der Waals surface area contributed by atoms with Gasteiger partial charge in [-0.25, -0.2) is 0 Å². The molecule has 1 aliphatic rings. The molecule has 0 aromatic heterocycles. The molecule has 1 aliphatic heterocycles. The molecular weight excluding hydrogens is 318 g/mol. The van der Waals surface area contributed by atoms with Crippen LogP contribution in [0.2, 0.25) is 0 Å². The highest BCUT2D eigenvalue weighted by Gasteiger charge is 2.26. The largest absolute Gasteiger partial charge is 0.496 e. The zero-order valence-corrected chi connectivity index (χ0v) is 15.3. The molecule has 0 bridgehead atoms. The van der Waals surface area contributed by atoms with E-state index >= 15 is 0 Å². The van der Waals surface area contributed by atoms with Crippen LogP contribution in [0.25, 0.3) is 0 Å². The van der Waals surface area contributed by atoms with Crippen molar-refractivity contribution in [3.8, 4) is 5.75 Å². The Morgan fingerprint density at radius 3 is 2.72 bits per heavy atom. The Morgan fingerprint density at radius 1 is 1.32 bits per heavy atom. The van der Waals surface area contributed by atoms with Gasteiger partial charge in [-0.05, 0) is 49.9 Å². The van der Waals surface area contributed by atoms with Crippen molar-refractivity contribution < 1.29 is 14.3 Å². The van der Waals surface area contributed by atoms with Gasteiger partial charge in [-0.15, -0.1) is 0 Å². The van der Waals surface area contributed by atoms with Crippen molar-refractivity contribution in [3.63, 3.8) is 0 Å². The first-order valence-corrected chi connectivity index (χ1v) is 8.95. The fraction of sp³-hybridized carbons (Fsp3) is 0.579. The summed E-state index contributed by atoms with van der Waals surface area (Å²) in [5.74, 6) is 0.504. The van der Waals surface area contributed by atoms with Crippen LogP contribution < -0.4 is 20.7 Å². The van der Waals surface area contributed by atoms with Crippen molar-refractivity contribution in [2.75, 3.05) is 26.7 Å². The molecule has 0 saturated carbocycles. The van der Waals surface area contributed by atoms with E-state index in [1.807, 2.05) is 13.8 Å². The molecule has 2 atom stereocenters. The average molecular weight is 347 g/mol. The van der Waals surface area contributed by atoms with Gasteiger partial charge < -0.3 is 20.7 Å². The fourth-order valence-electron chi connectivity index (χ4n) is 3.04. The SMILES string of the molecule is COc1ccccc1C(=O)NC(C(=O)NCC1CCCNC1)C(C)C. The molecule has 25 heavy (non-hydrogen) atoms. The lowest BCUT2D eigenvalue weighted by Gasteiger charge is -2.26. The Hall–Kier alpha value is -2.08. The van der Waals surface area contributed by atoms with Crippen molar-refractivity contribution in [2.24, 2.45) is 11.8 Å². The summed E-state index contributed by atoms with van der Waals surface area (Å²) >= 11 is 0. The van der Waals surface area contributed by atoms with E-state index < -0.39 is 6.04 Å². The number of piperidine rings is 1. The van der Waals surface area contributed by atoms with Gasteiger partial charge in [0.1, 0.15) is 11.8 Å². The number of para-hydroxylation sites is 1. The molecule has 1 heterocycles. The number of carbonyl (C=O) groups is 2. The van der Waals surface area contributed by atoms with E-state index in [9.17, 15) is 9.59 Å². The highest BCUT2D eigenvalue weighted by Crippen LogP contribution is 2.17. The minimum atomic E-state index is -0.575. The summed E-state index contributed by atoms with van der Waals surface area (Å²) in [6, 6.07) is 6.43. The van der Waals surface area contributed by atoms with E-state index in [1.165, 1.54) is 7.11 Å². The van der Waals surface area contributed by atoms with Crippen molar-refractivity contribution in [1.29, 1.82) is 0 Å². The molecule has 1 fully saturated rings. The van der Waals surface area contributed by atoms with Crippen LogP contribution in [-0.4, -0.2) is 44.6 Å². The number of methoxy groups -OCH3 is 1. The Labute approximate surface area is 149 Å². The molecule has 3 N–H and O–H groups in total. The standard InChI is InChI=1S/C19H29N3O3/c1-13(2)17(19(24)21-12-14-7-6-10-20-11-14)22-18(23)15-8-4-5-9-16(15)25-3/h4-5,8-9,13-14,17,20H,6-7,10-12H2,1-3H3,(H,21,24)(H,22,23). The van der Waals surface area contributed by atoms with Crippen LogP contribution in [-0.2, 0) is 4.79 Å². The number of ether oxygens (including phenoxy) is 1. The normalized spacial score (nSPS) is 18.5. The number of amides is 2. The van der Waals surface area contributed by atoms with Crippen LogP contribution >= 0.6 is 0 Å². The molecule has 0 aliphatic carbocycles. The summed E-state index contributed by atoms with van der Waals surface area (Å²) in [7, 11) is 1.52. The van der Waals surface area contributed by atoms with Crippen molar-refractivity contribution >= 4 is 11.8 Å². The quantitative estimate of drug-likeness (QED) is 0.699. The molecule has 2 rings (SSSR count). The summed E-state index contributed by atoms with van der Waals surface area (Å²) in [6.45, 7) is 6.47. The third-order valence-electron chi connectivity index (χ3n) is 4.55. The zero-order chi connectivity index (χ0) is 18.2. The average Bonchev–Trinajstić information content (AvgIpc) is 2.64. The van der Waals surface area contributed by atoms with Crippen LogP contribution in [0.15, 0.2) is 24.3 Å². The van der Waals surface area contributed by atoms with E-state index in [2.05, 4.69) is 16.0 Å². The maximum absolute atomic E-state index is 12.6. The monoisotopic (exact) mass is 347 g/mol. The first-order chi connectivity index (χ1) is 12.0. The van der Waals surface area contributed by atoms with Gasteiger partial charge in [-0.3, -0.25) is 9.59 Å². The van der Waals surface area contributed by atoms with Gasteiger partial charge in [0.25, 0.3) is 5.91 Å². The van der Waals surface area contributed by atoms with Crippen LogP contribution in [0.5, 0.6) is 5.75 Å². The van der Waals surface area contributed by atoms with Crippen LogP contribution in [0.1, 0.15) is 37.0 Å². The van der Waals surface area contributed by atoms with Crippen LogP contribution in [0.4, 0.5) is 0 Å². The Bertz CT molecular complexity index is 583. The predicted molar refractivity (Wildman–Crippen MR) is 97.7 cm³/mol. The molecule has 2 amide bonds. The number of hydrogen-bond donors (Lipinski definition) is 3. The van der Waals surface area contributed by atoms with Crippen molar-refractivity contribution in [3.05, 3.63) is 29.8 Å². The number of rotatable bonds is 7. The minimum absolute atomic E-state index is 0.0110. The number of nitrogens with one attached hydrogen (secondary N) is 3. The zero-order valence-electron chi connectivity index (χ0n) is 15.3. The highest BCUT2D eigenvalue weighted by atomic mass is 16.5. The second kappa shape index (κ2) is 9.42. The van der Waals surface area contributed by atoms with Crippen molar-refractivity contribution in [1.82, 2.24) is 16.0 Å². The van der Waals surface area contributed by atoms with Crippen molar-refractivity contribution in [2.45, 2.75) is 32.7 Å². The summed E-state index contributed by atoms with van der Waals surface area (Å²) in [5, 5.41) is 9.18. The van der Waals surface area contributed by atoms with E-state index in [4.69, 9.17) is 4.74 Å². The van der Waals surface area contributed by atoms with E-state index in [1.54, 1.807) is 24.3 Å². The number of hydrogen-bond acceptors (Lipinski definition) is 4. The summed E-state index contributed by atoms with van der Waals surface area (Å²) < 4.78 is 5.23. The lowest BCUT2D eigenvalue weighted by Crippen LogP contribution is -2.51. The fourth-order valence-corrected chi connectivity index (χ4v) is 3.04. The molecular formula is C19H29N3O3. The summed E-state index contributed by atoms with van der Waals surface area (Å²) in [4.78, 5) is 25.1. The summed E-state index contributed by atoms with van der Waals surface area (Å²) in [5.41, 5.74) is 0.430. The van der Waals surface area contributed by atoms with Gasteiger partial charge in [0, 0.05) is 6.54 Å². The Morgan fingerprint density at radius 2 is 2.08 bits per heavy atom. The number of benzene rings is 1. The van der Waals surface area contributed by atoms with E-state index in [0.29, 0.717) is 23.8 Å². The topological polar surface area (TPSA) is 79.5 Å². The van der Waals surface area contributed by atoms with Gasteiger partial charge in [0.05, 0.1) is 12.7 Å². The maximum atomic E-state index is 12.6. The Balaban J connectivity index is 1.97. The van der Waals surface area contributed by atoms with Gasteiger partial charge in [-0.1, -0.05) is 26.0 Å². The molecule has 0 radical (unpaired) electrons. The third kappa shape index (κ3) is 5.46. The number of carbonyl (C=O) groups excluding carboxylic acids is 2. The molecule has 2 unspecified atom stereocenters. The molecule has 1 aromatic carbocycles. The predicted octanol–water partition coefficient (Wildman–Crippen LogP) is 1.57. The third-order valence-corrected chi connectivity index (χ3v) is 4.55. The van der Waals surface area contributed by atoms with Gasteiger partial charge in [-0.2, -0.15) is 0 Å². The second-order valence-corrected chi connectivity index (χ2v) is 6.85. The molecule has 0 spiro atoms. The lowest BCUT2D eigenvalue weighted by atomic mass is 9.98. The van der Waals surface area contributed by atoms with Gasteiger partial charge in [0.2, 0.25) is 5.91 Å². The molecule has 1 aromatic rings. The van der Waals surface area contributed by atoms with Crippen LogP contribution in [0, 0.1) is 11.8 Å². The summed E-state index contributed by atoms with van der Waals surface area (Å²) in [6.07, 6.45) is 2.26. The maximum Gasteiger partial charge on any atom is 0.255 e. The lowest BCUT2D eigenvalue weighted by molar-refractivity contribution is -0.124. The van der Waals surface area contributed by atoms with Crippen LogP contribution in [0.3, 0.4) is 0 Å². The Kier molecular flexibility index (Phi) is 7.25. The van der Waals surface area contributed by atoms with Gasteiger partial charge >= 0.3 is 0 Å². The first kappa shape index (κ1) is 19.2. The smallest absolute Gasteiger partial charge is 0.255 e.